The van der Waals surface area contributed by atoms with Crippen molar-refractivity contribution in [2.24, 2.45) is 0 Å². The Bertz CT molecular complexity index is 642. The van der Waals surface area contributed by atoms with E-state index in [0.717, 1.165) is 29.7 Å². The Morgan fingerprint density at radius 3 is 2.81 bits per heavy atom. The summed E-state index contributed by atoms with van der Waals surface area (Å²) in [5.74, 6) is -0.270. The van der Waals surface area contributed by atoms with Gasteiger partial charge in [-0.05, 0) is 42.2 Å². The van der Waals surface area contributed by atoms with Crippen molar-refractivity contribution in [1.29, 1.82) is 0 Å². The zero-order valence-corrected chi connectivity index (χ0v) is 11.6. The molecule has 108 valence electrons. The van der Waals surface area contributed by atoms with Gasteiger partial charge in [-0.3, -0.25) is 4.90 Å². The second-order valence-corrected chi connectivity index (χ2v) is 5.07. The lowest BCUT2D eigenvalue weighted by molar-refractivity contribution is 0.146. The first kappa shape index (κ1) is 13.6. The molecule has 3 rings (SSSR count). The van der Waals surface area contributed by atoms with Crippen molar-refractivity contribution in [3.63, 3.8) is 0 Å². The van der Waals surface area contributed by atoms with Gasteiger partial charge in [-0.15, -0.1) is 0 Å². The van der Waals surface area contributed by atoms with Crippen LogP contribution >= 0.6 is 0 Å². The number of aryl methyl sites for hydroxylation is 1. The molecule has 3 nitrogen and oxygen atoms in total. The molecule has 2 aromatic rings. The molecule has 1 heterocycles. The van der Waals surface area contributed by atoms with Gasteiger partial charge >= 0.3 is 6.09 Å². The predicted molar refractivity (Wildman–Crippen MR) is 78.7 cm³/mol. The van der Waals surface area contributed by atoms with E-state index in [1.165, 1.54) is 12.1 Å². The Morgan fingerprint density at radius 1 is 1.19 bits per heavy atom. The average molecular weight is 285 g/mol. The minimum atomic E-state index is -0.383. The van der Waals surface area contributed by atoms with E-state index in [1.807, 2.05) is 30.3 Å². The van der Waals surface area contributed by atoms with Crippen LogP contribution in [-0.2, 0) is 17.8 Å². The summed E-state index contributed by atoms with van der Waals surface area (Å²) in [6.07, 6.45) is 1.22. The van der Waals surface area contributed by atoms with Gasteiger partial charge in [0, 0.05) is 6.54 Å². The van der Waals surface area contributed by atoms with E-state index in [9.17, 15) is 9.18 Å². The maximum Gasteiger partial charge on any atom is 0.414 e. The third kappa shape index (κ3) is 3.05. The monoisotopic (exact) mass is 285 g/mol. The topological polar surface area (TPSA) is 29.5 Å². The zero-order chi connectivity index (χ0) is 14.7. The Hall–Kier alpha value is -2.36. The van der Waals surface area contributed by atoms with Crippen LogP contribution < -0.4 is 4.90 Å². The fourth-order valence-electron chi connectivity index (χ4n) is 2.55. The van der Waals surface area contributed by atoms with Crippen LogP contribution in [0.15, 0.2) is 48.5 Å². The molecule has 0 fully saturated rings. The number of nitrogens with zero attached hydrogens (tertiary/aromatic N) is 1. The van der Waals surface area contributed by atoms with E-state index in [0.29, 0.717) is 6.54 Å². The molecule has 21 heavy (non-hydrogen) atoms. The van der Waals surface area contributed by atoms with Gasteiger partial charge in [-0.2, -0.15) is 0 Å². The number of hydrogen-bond acceptors (Lipinski definition) is 2. The number of fused-ring (bicyclic) bond motifs is 1. The fraction of sp³-hybridized carbons (Fsp3) is 0.235. The predicted octanol–water partition coefficient (Wildman–Crippen LogP) is 3.92. The van der Waals surface area contributed by atoms with Crippen molar-refractivity contribution < 1.29 is 13.9 Å². The van der Waals surface area contributed by atoms with Gasteiger partial charge in [0.25, 0.3) is 0 Å². The maximum atomic E-state index is 13.3. The Kier molecular flexibility index (Phi) is 3.86. The van der Waals surface area contributed by atoms with Gasteiger partial charge in [0.15, 0.2) is 0 Å². The first-order chi connectivity index (χ1) is 10.2. The van der Waals surface area contributed by atoms with E-state index in [4.69, 9.17) is 4.74 Å². The minimum Gasteiger partial charge on any atom is -0.444 e. The summed E-state index contributed by atoms with van der Waals surface area (Å²) in [5, 5.41) is 0. The SMILES string of the molecule is O=C(OCc1ccccc1)N1CCCc2cc(F)ccc21. The van der Waals surface area contributed by atoms with Gasteiger partial charge in [0.2, 0.25) is 0 Å². The lowest BCUT2D eigenvalue weighted by Crippen LogP contribution is -2.35. The summed E-state index contributed by atoms with van der Waals surface area (Å²) in [5.41, 5.74) is 2.56. The fourth-order valence-corrected chi connectivity index (χ4v) is 2.55. The Morgan fingerprint density at radius 2 is 2.00 bits per heavy atom. The van der Waals surface area contributed by atoms with Crippen molar-refractivity contribution in [3.05, 3.63) is 65.5 Å². The van der Waals surface area contributed by atoms with Gasteiger partial charge in [0.05, 0.1) is 5.69 Å². The third-order valence-corrected chi connectivity index (χ3v) is 3.59. The number of carbonyl (C=O) groups excluding carboxylic acids is 1. The lowest BCUT2D eigenvalue weighted by Gasteiger charge is -2.28. The van der Waals surface area contributed by atoms with Gasteiger partial charge < -0.3 is 4.74 Å². The van der Waals surface area contributed by atoms with Crippen LogP contribution in [0.1, 0.15) is 17.5 Å². The number of hydrogen-bond donors (Lipinski definition) is 0. The van der Waals surface area contributed by atoms with Crippen molar-refractivity contribution >= 4 is 11.8 Å². The molecular weight excluding hydrogens is 269 g/mol. The first-order valence-corrected chi connectivity index (χ1v) is 7.01. The van der Waals surface area contributed by atoms with E-state index in [2.05, 4.69) is 0 Å². The average Bonchev–Trinajstić information content (AvgIpc) is 2.52. The normalized spacial score (nSPS) is 13.7. The summed E-state index contributed by atoms with van der Waals surface area (Å²) in [6, 6.07) is 14.1. The number of anilines is 1. The molecule has 0 saturated carbocycles. The van der Waals surface area contributed by atoms with E-state index in [1.54, 1.807) is 11.0 Å². The number of halogens is 1. The molecule has 0 atom stereocenters. The number of rotatable bonds is 2. The number of amides is 1. The number of benzene rings is 2. The van der Waals surface area contributed by atoms with Crippen LogP contribution in [0, 0.1) is 5.82 Å². The molecule has 1 aliphatic heterocycles. The van der Waals surface area contributed by atoms with Gasteiger partial charge in [-0.1, -0.05) is 30.3 Å². The molecule has 0 bridgehead atoms. The Labute approximate surface area is 123 Å². The van der Waals surface area contributed by atoms with Crippen molar-refractivity contribution in [2.45, 2.75) is 19.4 Å². The zero-order valence-electron chi connectivity index (χ0n) is 11.6. The smallest absolute Gasteiger partial charge is 0.414 e. The van der Waals surface area contributed by atoms with Crippen LogP contribution in [0.2, 0.25) is 0 Å². The molecule has 4 heteroatoms. The standard InChI is InChI=1S/C17H16FNO2/c18-15-8-9-16-14(11-15)7-4-10-19(16)17(20)21-12-13-5-2-1-3-6-13/h1-3,5-6,8-9,11H,4,7,10,12H2. The highest BCUT2D eigenvalue weighted by atomic mass is 19.1. The highest BCUT2D eigenvalue weighted by Crippen LogP contribution is 2.28. The first-order valence-electron chi connectivity index (χ1n) is 7.01. The summed E-state index contributed by atoms with van der Waals surface area (Å²) in [7, 11) is 0. The molecule has 0 saturated heterocycles. The summed E-state index contributed by atoms with van der Waals surface area (Å²) < 4.78 is 18.6. The van der Waals surface area contributed by atoms with E-state index in [-0.39, 0.29) is 18.5 Å². The minimum absolute atomic E-state index is 0.243. The van der Waals surface area contributed by atoms with E-state index >= 15 is 0 Å². The molecule has 0 aromatic heterocycles. The second-order valence-electron chi connectivity index (χ2n) is 5.07. The molecular formula is C17H16FNO2. The third-order valence-electron chi connectivity index (χ3n) is 3.59. The summed E-state index contributed by atoms with van der Waals surface area (Å²) in [6.45, 7) is 0.846. The second kappa shape index (κ2) is 5.95. The number of carbonyl (C=O) groups is 1. The van der Waals surface area contributed by atoms with Crippen LogP contribution in [0.25, 0.3) is 0 Å². The summed E-state index contributed by atoms with van der Waals surface area (Å²) >= 11 is 0. The van der Waals surface area contributed by atoms with Crippen LogP contribution in [0.4, 0.5) is 14.9 Å². The van der Waals surface area contributed by atoms with Crippen molar-refractivity contribution in [2.75, 3.05) is 11.4 Å². The van der Waals surface area contributed by atoms with Gasteiger partial charge in [-0.25, -0.2) is 9.18 Å². The highest BCUT2D eigenvalue weighted by Gasteiger charge is 2.23. The molecule has 0 spiro atoms. The van der Waals surface area contributed by atoms with E-state index < -0.39 is 0 Å². The molecule has 2 aromatic carbocycles. The molecule has 0 unspecified atom stereocenters. The molecule has 1 amide bonds. The highest BCUT2D eigenvalue weighted by molar-refractivity contribution is 5.89. The number of ether oxygens (including phenoxy) is 1. The van der Waals surface area contributed by atoms with Crippen LogP contribution in [-0.4, -0.2) is 12.6 Å². The lowest BCUT2D eigenvalue weighted by atomic mass is 10.0. The molecule has 0 radical (unpaired) electrons. The molecule has 1 aliphatic rings. The van der Waals surface area contributed by atoms with Crippen LogP contribution in [0.3, 0.4) is 0 Å². The largest absolute Gasteiger partial charge is 0.444 e. The summed E-state index contributed by atoms with van der Waals surface area (Å²) in [4.78, 5) is 13.8. The van der Waals surface area contributed by atoms with Crippen molar-refractivity contribution in [3.8, 4) is 0 Å². The Balaban J connectivity index is 1.71. The van der Waals surface area contributed by atoms with Crippen molar-refractivity contribution in [1.82, 2.24) is 0 Å². The molecule has 0 aliphatic carbocycles. The van der Waals surface area contributed by atoms with Gasteiger partial charge in [0.1, 0.15) is 12.4 Å². The molecule has 0 N–H and O–H groups in total. The maximum absolute atomic E-state index is 13.3. The quantitative estimate of drug-likeness (QED) is 0.837. The van der Waals surface area contributed by atoms with Crippen LogP contribution in [0.5, 0.6) is 0 Å².